The van der Waals surface area contributed by atoms with E-state index in [4.69, 9.17) is 9.47 Å². The number of ether oxygens (including phenoxy) is 2. The molecular formula is C44H46F2N2O9S. The summed E-state index contributed by atoms with van der Waals surface area (Å²) in [7, 11) is 0. The van der Waals surface area contributed by atoms with Crippen LogP contribution in [0.25, 0.3) is 0 Å². The van der Waals surface area contributed by atoms with Crippen molar-refractivity contribution in [1.29, 1.82) is 0 Å². The van der Waals surface area contributed by atoms with Crippen molar-refractivity contribution in [3.8, 4) is 0 Å². The van der Waals surface area contributed by atoms with Gasteiger partial charge < -0.3 is 25.0 Å². The first-order chi connectivity index (χ1) is 27.6. The van der Waals surface area contributed by atoms with Gasteiger partial charge in [0, 0.05) is 62.9 Å². The smallest absolute Gasteiger partial charge is 0.253 e. The molecule has 11 nitrogen and oxygen atoms in total. The molecule has 2 aromatic carbocycles. The molecule has 3 N–H and O–H groups in total. The minimum Gasteiger partial charge on any atom is -0.390 e. The van der Waals surface area contributed by atoms with Crippen molar-refractivity contribution in [2.75, 3.05) is 18.5 Å². The Morgan fingerprint density at radius 3 is 2.43 bits per heavy atom. The van der Waals surface area contributed by atoms with Crippen LogP contribution in [0.5, 0.6) is 0 Å². The van der Waals surface area contributed by atoms with Crippen molar-refractivity contribution in [1.82, 2.24) is 4.90 Å². The molecule has 4 aliphatic carbocycles. The first kappa shape index (κ1) is 40.4. The molecule has 1 unspecified atom stereocenters. The van der Waals surface area contributed by atoms with E-state index in [1.165, 1.54) is 47.9 Å². The van der Waals surface area contributed by atoms with Crippen molar-refractivity contribution < 1.29 is 52.4 Å². The summed E-state index contributed by atoms with van der Waals surface area (Å²) in [6, 6.07) is 14.8. The number of carbonyl (C=O) groups excluding carboxylic acids is 5. The second-order valence-electron chi connectivity index (χ2n) is 16.7. The van der Waals surface area contributed by atoms with Gasteiger partial charge >= 0.3 is 0 Å². The molecule has 3 amide bonds. The molecule has 0 bridgehead atoms. The molecule has 10 atom stereocenters. The standard InChI is InChI=1S/C44H46F2N2O9S/c1-41-17-16-27(50)20-32(41)33(45)21-31-30-22-36-44(35(52)24-49,42(30,2)23-34(51)43(31,41)46)57-40(56-36)25-10-12-28(13-11-25)58-29-8-6-7-26(19-29)47-37(53)9-4-3-5-18-48-38(54)14-15-39(48)55/h6-8,10-17,19-20,30-31,33-34,36,40,49,51H,3-5,9,18,21-24H2,1-2H3,(H,47,53)/t30-,31-,33-,34-,36?,40+,41-,42-,43-,44+/m0/s1. The van der Waals surface area contributed by atoms with Crippen LogP contribution in [0.3, 0.4) is 0 Å². The molecule has 8 rings (SSSR count). The monoisotopic (exact) mass is 816 g/mol. The average Bonchev–Trinajstić information content (AvgIpc) is 3.82. The predicted molar refractivity (Wildman–Crippen MR) is 208 cm³/mol. The van der Waals surface area contributed by atoms with E-state index in [1.807, 2.05) is 42.5 Å². The van der Waals surface area contributed by atoms with Crippen LogP contribution in [0.1, 0.15) is 70.6 Å². The van der Waals surface area contributed by atoms with Crippen LogP contribution < -0.4 is 5.32 Å². The fraction of sp³-hybridized carbons (Fsp3) is 0.477. The van der Waals surface area contributed by atoms with Crippen LogP contribution >= 0.6 is 11.8 Å². The zero-order chi connectivity index (χ0) is 41.2. The number of ketones is 2. The molecule has 58 heavy (non-hydrogen) atoms. The number of hydrogen-bond acceptors (Lipinski definition) is 10. The zero-order valence-electron chi connectivity index (χ0n) is 32.2. The highest BCUT2D eigenvalue weighted by molar-refractivity contribution is 7.99. The summed E-state index contributed by atoms with van der Waals surface area (Å²) in [6.45, 7) is 2.74. The molecule has 306 valence electrons. The highest BCUT2D eigenvalue weighted by atomic mass is 32.2. The Kier molecular flexibility index (Phi) is 10.5. The van der Waals surface area contributed by atoms with Gasteiger partial charge in [-0.05, 0) is 93.0 Å². The van der Waals surface area contributed by atoms with E-state index < -0.39 is 76.8 Å². The number of rotatable bonds is 12. The van der Waals surface area contributed by atoms with Crippen molar-refractivity contribution in [3.63, 3.8) is 0 Å². The third-order valence-corrected chi connectivity index (χ3v) is 14.6. The lowest BCUT2D eigenvalue weighted by Crippen LogP contribution is -2.70. The largest absolute Gasteiger partial charge is 0.390 e. The van der Waals surface area contributed by atoms with Gasteiger partial charge in [0.05, 0.1) is 12.2 Å². The Morgan fingerprint density at radius 1 is 0.966 bits per heavy atom. The summed E-state index contributed by atoms with van der Waals surface area (Å²) < 4.78 is 46.7. The molecule has 4 fully saturated rings. The van der Waals surface area contributed by atoms with Crippen LogP contribution in [-0.4, -0.2) is 87.2 Å². The Hall–Kier alpha value is -4.34. The fourth-order valence-electron chi connectivity index (χ4n) is 10.8. The molecule has 2 aromatic rings. The van der Waals surface area contributed by atoms with Gasteiger partial charge in [0.1, 0.15) is 12.8 Å². The first-order valence-corrected chi connectivity index (χ1v) is 20.6. The van der Waals surface area contributed by atoms with E-state index in [2.05, 4.69) is 5.32 Å². The highest BCUT2D eigenvalue weighted by Gasteiger charge is 2.80. The second-order valence-corrected chi connectivity index (χ2v) is 17.9. The van der Waals surface area contributed by atoms with Crippen LogP contribution in [0.2, 0.25) is 0 Å². The number of aliphatic hydroxyl groups excluding tert-OH is 2. The Labute approximate surface area is 338 Å². The van der Waals surface area contributed by atoms with Gasteiger partial charge in [-0.1, -0.05) is 49.4 Å². The van der Waals surface area contributed by atoms with Crippen molar-refractivity contribution in [2.45, 2.75) is 105 Å². The maximum absolute atomic E-state index is 17.7. The number of halogens is 2. The van der Waals surface area contributed by atoms with Crippen LogP contribution in [0.4, 0.5) is 14.5 Å². The topological polar surface area (TPSA) is 160 Å². The number of carbonyl (C=O) groups is 5. The number of imide groups is 1. The molecule has 1 saturated heterocycles. The van der Waals surface area contributed by atoms with E-state index in [0.29, 0.717) is 43.5 Å². The van der Waals surface area contributed by atoms with Gasteiger partial charge in [0.25, 0.3) is 11.8 Å². The van der Waals surface area contributed by atoms with Gasteiger partial charge in [-0.15, -0.1) is 0 Å². The number of hydrogen-bond donors (Lipinski definition) is 3. The number of nitrogens with zero attached hydrogens (tertiary/aromatic N) is 1. The van der Waals surface area contributed by atoms with Crippen LogP contribution in [0, 0.1) is 22.7 Å². The maximum Gasteiger partial charge on any atom is 0.253 e. The highest BCUT2D eigenvalue weighted by Crippen LogP contribution is 2.72. The molecule has 0 spiro atoms. The molecule has 0 aromatic heterocycles. The zero-order valence-corrected chi connectivity index (χ0v) is 33.0. The Bertz CT molecular complexity index is 2130. The lowest BCUT2D eigenvalue weighted by atomic mass is 9.44. The number of amides is 3. The Balaban J connectivity index is 0.918. The number of Topliss-reactive ketones (excluding diaryl/α,β-unsaturated/α-hetero) is 1. The third kappa shape index (κ3) is 6.34. The number of fused-ring (bicyclic) bond motifs is 7. The van der Waals surface area contributed by atoms with Crippen molar-refractivity contribution in [3.05, 3.63) is 90.0 Å². The van der Waals surface area contributed by atoms with E-state index in [0.717, 1.165) is 15.9 Å². The van der Waals surface area contributed by atoms with Gasteiger partial charge in [-0.3, -0.25) is 28.9 Å². The van der Waals surface area contributed by atoms with Crippen LogP contribution in [0.15, 0.2) is 94.3 Å². The molecule has 6 aliphatic rings. The van der Waals surface area contributed by atoms with E-state index >= 15 is 8.78 Å². The number of unbranched alkanes of at least 4 members (excludes halogenated alkanes) is 2. The summed E-state index contributed by atoms with van der Waals surface area (Å²) in [5.74, 6) is -3.51. The quantitative estimate of drug-likeness (QED) is 0.174. The number of allylic oxidation sites excluding steroid dienone is 4. The lowest BCUT2D eigenvalue weighted by Gasteiger charge is -2.63. The summed E-state index contributed by atoms with van der Waals surface area (Å²) in [5.41, 5.74) is -5.59. The van der Waals surface area contributed by atoms with Crippen molar-refractivity contribution in [2.24, 2.45) is 22.7 Å². The number of alkyl halides is 2. The summed E-state index contributed by atoms with van der Waals surface area (Å²) in [4.78, 5) is 65.0. The van der Waals surface area contributed by atoms with Crippen LogP contribution in [-0.2, 0) is 33.4 Å². The minimum absolute atomic E-state index is 0.0146. The van der Waals surface area contributed by atoms with Crippen molar-refractivity contribution >= 4 is 46.7 Å². The second kappa shape index (κ2) is 15.0. The molecule has 14 heteroatoms. The lowest BCUT2D eigenvalue weighted by molar-refractivity contribution is -0.235. The van der Waals surface area contributed by atoms with Gasteiger partial charge in [-0.2, -0.15) is 0 Å². The van der Waals surface area contributed by atoms with E-state index in [1.54, 1.807) is 13.0 Å². The van der Waals surface area contributed by atoms with Gasteiger partial charge in [0.2, 0.25) is 5.91 Å². The first-order valence-electron chi connectivity index (χ1n) is 19.8. The Morgan fingerprint density at radius 2 is 1.71 bits per heavy atom. The minimum atomic E-state index is -2.33. The van der Waals surface area contributed by atoms with E-state index in [9.17, 15) is 34.2 Å². The van der Waals surface area contributed by atoms with E-state index in [-0.39, 0.29) is 42.6 Å². The third-order valence-electron chi connectivity index (χ3n) is 13.6. The number of nitrogens with one attached hydrogen (secondary N) is 1. The molecule has 3 saturated carbocycles. The maximum atomic E-state index is 17.7. The number of anilines is 1. The SMILES string of the molecule is C[C@]12C=CC(=O)C=C1[C@@H](F)C[C@H]1[C@@H]3CC4O[C@@H](c5ccc(Sc6cccc(NC(=O)CCCCCN7C(=O)C=CC7=O)c6)cc5)O[C@@]4(C(=O)CO)[C@@]3(C)C[C@H](O)[C@@]12F. The predicted octanol–water partition coefficient (Wildman–Crippen LogP) is 5.90. The molecular weight excluding hydrogens is 771 g/mol. The molecule has 2 aliphatic heterocycles. The molecule has 0 radical (unpaired) electrons. The van der Waals surface area contributed by atoms with Gasteiger partial charge in [0.15, 0.2) is 29.1 Å². The fourth-order valence-corrected chi connectivity index (χ4v) is 11.7. The normalized spacial score (nSPS) is 36.0. The molecule has 2 heterocycles. The average molecular weight is 817 g/mol. The number of benzene rings is 2. The number of aliphatic hydroxyl groups is 2. The summed E-state index contributed by atoms with van der Waals surface area (Å²) in [5, 5.41) is 25.0. The summed E-state index contributed by atoms with van der Waals surface area (Å²) >= 11 is 1.47. The summed E-state index contributed by atoms with van der Waals surface area (Å²) in [6.07, 6.45) is 2.95. The van der Waals surface area contributed by atoms with Gasteiger partial charge in [-0.25, -0.2) is 8.78 Å².